The number of hydrogen-bond donors (Lipinski definition) is 1. The normalized spacial score (nSPS) is 11.8. The summed E-state index contributed by atoms with van der Waals surface area (Å²) in [5, 5.41) is 9.44. The van der Waals surface area contributed by atoms with E-state index in [1.54, 1.807) is 30.3 Å². The maximum Gasteiger partial charge on any atom is 0.338 e. The zero-order valence-corrected chi connectivity index (χ0v) is 9.54. The van der Waals surface area contributed by atoms with E-state index >= 15 is 0 Å². The molecule has 0 radical (unpaired) electrons. The van der Waals surface area contributed by atoms with Gasteiger partial charge in [-0.2, -0.15) is 0 Å². The van der Waals surface area contributed by atoms with Gasteiger partial charge in [-0.1, -0.05) is 24.3 Å². The largest absolute Gasteiger partial charge is 0.459 e. The first kappa shape index (κ1) is 13.4. The molecular weight excluding hydrogens is 220 g/mol. The predicted molar refractivity (Wildman–Crippen MR) is 63.7 cm³/mol. The van der Waals surface area contributed by atoms with Crippen LogP contribution in [-0.2, 0) is 9.47 Å². The van der Waals surface area contributed by atoms with Gasteiger partial charge in [-0.15, -0.1) is 6.58 Å². The molecule has 0 heterocycles. The topological polar surface area (TPSA) is 55.8 Å². The number of esters is 1. The lowest BCUT2D eigenvalue weighted by atomic mass is 10.2. The lowest BCUT2D eigenvalue weighted by Gasteiger charge is -2.11. The second-order valence-electron chi connectivity index (χ2n) is 3.44. The Morgan fingerprint density at radius 3 is 2.71 bits per heavy atom. The monoisotopic (exact) mass is 236 g/mol. The molecule has 92 valence electrons. The average molecular weight is 236 g/mol. The maximum absolute atomic E-state index is 11.5. The Balaban J connectivity index is 2.26. The summed E-state index contributed by atoms with van der Waals surface area (Å²) in [4.78, 5) is 11.5. The molecule has 0 bridgehead atoms. The smallest absolute Gasteiger partial charge is 0.338 e. The van der Waals surface area contributed by atoms with E-state index in [0.717, 1.165) is 0 Å². The molecule has 4 nitrogen and oxygen atoms in total. The van der Waals surface area contributed by atoms with Crippen LogP contribution in [0.1, 0.15) is 10.4 Å². The number of ether oxygens (including phenoxy) is 2. The van der Waals surface area contributed by atoms with Gasteiger partial charge in [0, 0.05) is 0 Å². The molecule has 0 aliphatic carbocycles. The van der Waals surface area contributed by atoms with E-state index in [9.17, 15) is 9.90 Å². The summed E-state index contributed by atoms with van der Waals surface area (Å²) >= 11 is 0. The van der Waals surface area contributed by atoms with Gasteiger partial charge in [0.05, 0.1) is 18.8 Å². The predicted octanol–water partition coefficient (Wildman–Crippen LogP) is 1.41. The number of benzene rings is 1. The van der Waals surface area contributed by atoms with Crippen molar-refractivity contribution in [2.75, 3.05) is 19.8 Å². The van der Waals surface area contributed by atoms with E-state index in [2.05, 4.69) is 6.58 Å². The fourth-order valence-corrected chi connectivity index (χ4v) is 1.16. The summed E-state index contributed by atoms with van der Waals surface area (Å²) in [6.45, 7) is 3.88. The fourth-order valence-electron chi connectivity index (χ4n) is 1.16. The molecular formula is C13H16O4. The fraction of sp³-hybridized carbons (Fsp3) is 0.308. The molecule has 0 aliphatic rings. The molecule has 0 unspecified atom stereocenters. The highest BCUT2D eigenvalue weighted by molar-refractivity contribution is 5.89. The SMILES string of the molecule is C=CCOC[C@H](O)COC(=O)c1ccccc1. The summed E-state index contributed by atoms with van der Waals surface area (Å²) in [5.74, 6) is -0.451. The van der Waals surface area contributed by atoms with Crippen molar-refractivity contribution in [1.82, 2.24) is 0 Å². The third-order valence-corrected chi connectivity index (χ3v) is 1.96. The molecule has 1 aromatic rings. The van der Waals surface area contributed by atoms with Crippen LogP contribution in [0.25, 0.3) is 0 Å². The van der Waals surface area contributed by atoms with Crippen LogP contribution in [0.3, 0.4) is 0 Å². The minimum atomic E-state index is -0.817. The van der Waals surface area contributed by atoms with Gasteiger partial charge in [0.1, 0.15) is 12.7 Å². The van der Waals surface area contributed by atoms with Crippen LogP contribution in [0.15, 0.2) is 43.0 Å². The van der Waals surface area contributed by atoms with Crippen molar-refractivity contribution in [2.45, 2.75) is 6.10 Å². The van der Waals surface area contributed by atoms with E-state index in [1.165, 1.54) is 0 Å². The van der Waals surface area contributed by atoms with Crippen molar-refractivity contribution in [1.29, 1.82) is 0 Å². The first-order valence-corrected chi connectivity index (χ1v) is 5.33. The van der Waals surface area contributed by atoms with E-state index < -0.39 is 12.1 Å². The Bertz CT molecular complexity index is 348. The third-order valence-electron chi connectivity index (χ3n) is 1.96. The van der Waals surface area contributed by atoms with Gasteiger partial charge >= 0.3 is 5.97 Å². The van der Waals surface area contributed by atoms with Crippen molar-refractivity contribution in [2.24, 2.45) is 0 Å². The standard InChI is InChI=1S/C13H16O4/c1-2-8-16-9-12(14)10-17-13(15)11-6-4-3-5-7-11/h2-7,12,14H,1,8-10H2/t12-/m0/s1. The van der Waals surface area contributed by atoms with Gasteiger partial charge in [0.2, 0.25) is 0 Å². The number of rotatable bonds is 7. The number of hydrogen-bond acceptors (Lipinski definition) is 4. The van der Waals surface area contributed by atoms with Crippen molar-refractivity contribution in [3.05, 3.63) is 48.6 Å². The molecule has 0 amide bonds. The van der Waals surface area contributed by atoms with Crippen LogP contribution in [0.5, 0.6) is 0 Å². The second kappa shape index (κ2) is 7.60. The molecule has 1 atom stereocenters. The van der Waals surface area contributed by atoms with E-state index in [0.29, 0.717) is 12.2 Å². The minimum absolute atomic E-state index is 0.0785. The number of aliphatic hydroxyl groups is 1. The summed E-state index contributed by atoms with van der Waals surface area (Å²) in [6, 6.07) is 8.63. The molecule has 1 rings (SSSR count). The average Bonchev–Trinajstić information content (AvgIpc) is 2.37. The van der Waals surface area contributed by atoms with Crippen LogP contribution in [0.2, 0.25) is 0 Å². The summed E-state index contributed by atoms with van der Waals surface area (Å²) < 4.78 is 9.95. The van der Waals surface area contributed by atoms with Gasteiger partial charge in [-0.05, 0) is 12.1 Å². The molecule has 4 heteroatoms. The van der Waals surface area contributed by atoms with Gasteiger partial charge in [-0.3, -0.25) is 0 Å². The maximum atomic E-state index is 11.5. The molecule has 0 saturated heterocycles. The Morgan fingerprint density at radius 1 is 1.35 bits per heavy atom. The number of carbonyl (C=O) groups is 1. The first-order valence-electron chi connectivity index (χ1n) is 5.33. The molecule has 0 aromatic heterocycles. The van der Waals surface area contributed by atoms with Crippen LogP contribution >= 0.6 is 0 Å². The van der Waals surface area contributed by atoms with Gasteiger partial charge in [0.25, 0.3) is 0 Å². The van der Waals surface area contributed by atoms with Crippen LogP contribution in [-0.4, -0.2) is 37.0 Å². The molecule has 17 heavy (non-hydrogen) atoms. The Kier molecular flexibility index (Phi) is 5.99. The summed E-state index contributed by atoms with van der Waals surface area (Å²) in [7, 11) is 0. The van der Waals surface area contributed by atoms with Crippen molar-refractivity contribution in [3.8, 4) is 0 Å². The van der Waals surface area contributed by atoms with Gasteiger partial charge in [-0.25, -0.2) is 4.79 Å². The summed E-state index contributed by atoms with van der Waals surface area (Å²) in [5.41, 5.74) is 0.465. The Hall–Kier alpha value is -1.65. The highest BCUT2D eigenvalue weighted by Crippen LogP contribution is 2.01. The Labute approximate surface area is 100 Å². The van der Waals surface area contributed by atoms with Gasteiger partial charge < -0.3 is 14.6 Å². The van der Waals surface area contributed by atoms with Crippen LogP contribution in [0.4, 0.5) is 0 Å². The highest BCUT2D eigenvalue weighted by atomic mass is 16.5. The number of aliphatic hydroxyl groups excluding tert-OH is 1. The van der Waals surface area contributed by atoms with Crippen molar-refractivity contribution < 1.29 is 19.4 Å². The Morgan fingerprint density at radius 2 is 2.06 bits per heavy atom. The highest BCUT2D eigenvalue weighted by Gasteiger charge is 2.10. The first-order chi connectivity index (χ1) is 8.24. The molecule has 0 saturated carbocycles. The zero-order valence-electron chi connectivity index (χ0n) is 9.54. The molecule has 0 spiro atoms. The second-order valence-corrected chi connectivity index (χ2v) is 3.44. The lowest BCUT2D eigenvalue weighted by molar-refractivity contribution is -0.00559. The van der Waals surface area contributed by atoms with E-state index in [1.807, 2.05) is 6.07 Å². The molecule has 0 aliphatic heterocycles. The zero-order chi connectivity index (χ0) is 12.5. The van der Waals surface area contributed by atoms with E-state index in [-0.39, 0.29) is 13.2 Å². The molecule has 1 aromatic carbocycles. The lowest BCUT2D eigenvalue weighted by Crippen LogP contribution is -2.23. The minimum Gasteiger partial charge on any atom is -0.459 e. The van der Waals surface area contributed by atoms with Gasteiger partial charge in [0.15, 0.2) is 0 Å². The quantitative estimate of drug-likeness (QED) is 0.442. The van der Waals surface area contributed by atoms with Crippen molar-refractivity contribution >= 4 is 5.97 Å². The van der Waals surface area contributed by atoms with Crippen LogP contribution < -0.4 is 0 Å². The molecule has 0 fully saturated rings. The molecule has 1 N–H and O–H groups in total. The number of carbonyl (C=O) groups excluding carboxylic acids is 1. The van der Waals surface area contributed by atoms with Crippen molar-refractivity contribution in [3.63, 3.8) is 0 Å². The summed E-state index contributed by atoms with van der Waals surface area (Å²) in [6.07, 6.45) is 0.769. The third kappa shape index (κ3) is 5.29. The van der Waals surface area contributed by atoms with E-state index in [4.69, 9.17) is 9.47 Å². The van der Waals surface area contributed by atoms with Crippen LogP contribution in [0, 0.1) is 0 Å².